The molecular weight excluding hydrogens is 460 g/mol. The quantitative estimate of drug-likeness (QED) is 0.369. The van der Waals surface area contributed by atoms with Crippen molar-refractivity contribution in [2.24, 2.45) is 4.99 Å². The molecule has 0 amide bonds. The number of alkyl halides is 3. The lowest BCUT2D eigenvalue weighted by atomic mass is 10.0. The summed E-state index contributed by atoms with van der Waals surface area (Å²) in [5.41, 5.74) is 1.06. The molecule has 0 spiro atoms. The zero-order valence-corrected chi connectivity index (χ0v) is 17.3. The number of benzene rings is 1. The van der Waals surface area contributed by atoms with Crippen molar-refractivity contribution < 1.29 is 17.9 Å². The number of aliphatic imine (C=N–C) groups is 1. The maximum absolute atomic E-state index is 12.3. The maximum Gasteiger partial charge on any atom is 0.401 e. The van der Waals surface area contributed by atoms with E-state index in [1.165, 1.54) is 11.9 Å². The fourth-order valence-corrected chi connectivity index (χ4v) is 2.69. The Balaban J connectivity index is 0.00000338. The van der Waals surface area contributed by atoms with Crippen LogP contribution >= 0.6 is 24.0 Å². The number of ether oxygens (including phenoxy) is 1. The van der Waals surface area contributed by atoms with Gasteiger partial charge < -0.3 is 15.4 Å². The molecule has 5 nitrogen and oxygen atoms in total. The molecular formula is C17H26F3IN4O. The first kappa shape index (κ1) is 22.8. The Labute approximate surface area is 169 Å². The van der Waals surface area contributed by atoms with Crippen LogP contribution in [0.5, 0.6) is 5.75 Å². The van der Waals surface area contributed by atoms with E-state index in [-0.39, 0.29) is 43.1 Å². The highest BCUT2D eigenvalue weighted by Crippen LogP contribution is 2.31. The van der Waals surface area contributed by atoms with E-state index in [1.807, 2.05) is 31.2 Å². The molecule has 0 saturated carbocycles. The van der Waals surface area contributed by atoms with Gasteiger partial charge in [0.2, 0.25) is 0 Å². The first-order chi connectivity index (χ1) is 11.9. The summed E-state index contributed by atoms with van der Waals surface area (Å²) in [4.78, 5) is 5.61. The molecule has 1 aliphatic heterocycles. The van der Waals surface area contributed by atoms with Gasteiger partial charge in [0.15, 0.2) is 5.96 Å². The summed E-state index contributed by atoms with van der Waals surface area (Å²) in [5, 5.41) is 6.49. The van der Waals surface area contributed by atoms with Gasteiger partial charge in [-0.3, -0.25) is 9.89 Å². The molecule has 0 aliphatic carbocycles. The van der Waals surface area contributed by atoms with Crippen LogP contribution in [0.2, 0.25) is 0 Å². The van der Waals surface area contributed by atoms with Crippen molar-refractivity contribution in [1.82, 2.24) is 15.5 Å². The average Bonchev–Trinajstić information content (AvgIpc) is 2.53. The molecule has 1 aromatic carbocycles. The molecule has 0 bridgehead atoms. The fourth-order valence-electron chi connectivity index (χ4n) is 2.69. The minimum absolute atomic E-state index is 0. The topological polar surface area (TPSA) is 48.9 Å². The number of hydrogen-bond donors (Lipinski definition) is 2. The number of rotatable bonds is 6. The average molecular weight is 486 g/mol. The number of hydrogen-bond acceptors (Lipinski definition) is 3. The highest BCUT2D eigenvalue weighted by molar-refractivity contribution is 14.0. The standard InChI is InChI=1S/C17H25F3N4O.HI/c1-3-21-16(22-9-10-24(2)12-17(18,19)20)23-14-8-11-25-15-7-5-4-6-13(14)15;/h4-7,14H,3,8-12H2,1-2H3,(H2,21,22,23);1H. The highest BCUT2D eigenvalue weighted by atomic mass is 127. The Hall–Kier alpha value is -1.23. The highest BCUT2D eigenvalue weighted by Gasteiger charge is 2.28. The molecule has 9 heteroatoms. The molecule has 0 fully saturated rings. The van der Waals surface area contributed by atoms with Crippen LogP contribution in [0.4, 0.5) is 13.2 Å². The minimum Gasteiger partial charge on any atom is -0.493 e. The third-order valence-corrected chi connectivity index (χ3v) is 3.81. The smallest absolute Gasteiger partial charge is 0.401 e. The van der Waals surface area contributed by atoms with Crippen LogP contribution in [-0.2, 0) is 0 Å². The third-order valence-electron chi connectivity index (χ3n) is 3.81. The number of para-hydroxylation sites is 1. The number of guanidine groups is 1. The zero-order chi connectivity index (χ0) is 18.3. The molecule has 1 heterocycles. The molecule has 0 aromatic heterocycles. The van der Waals surface area contributed by atoms with Crippen LogP contribution in [0.3, 0.4) is 0 Å². The van der Waals surface area contributed by atoms with E-state index in [9.17, 15) is 13.2 Å². The Morgan fingerprint density at radius 1 is 1.35 bits per heavy atom. The van der Waals surface area contributed by atoms with Gasteiger partial charge in [-0.1, -0.05) is 18.2 Å². The fraction of sp³-hybridized carbons (Fsp3) is 0.588. The molecule has 1 unspecified atom stereocenters. The number of likely N-dealkylation sites (N-methyl/N-ethyl adjacent to an activating group) is 1. The number of nitrogens with one attached hydrogen (secondary N) is 2. The summed E-state index contributed by atoms with van der Waals surface area (Å²) in [6.07, 6.45) is -3.39. The number of fused-ring (bicyclic) bond motifs is 1. The van der Waals surface area contributed by atoms with Crippen molar-refractivity contribution in [1.29, 1.82) is 0 Å². The second kappa shape index (κ2) is 10.8. The normalized spacial score (nSPS) is 17.2. The van der Waals surface area contributed by atoms with Gasteiger partial charge in [-0.2, -0.15) is 13.2 Å². The van der Waals surface area contributed by atoms with Gasteiger partial charge in [0, 0.05) is 25.1 Å². The zero-order valence-electron chi connectivity index (χ0n) is 15.0. The molecule has 1 aromatic rings. The lowest BCUT2D eigenvalue weighted by Gasteiger charge is -2.28. The van der Waals surface area contributed by atoms with Crippen LogP contribution in [0.15, 0.2) is 29.3 Å². The largest absolute Gasteiger partial charge is 0.493 e. The first-order valence-electron chi connectivity index (χ1n) is 8.41. The van der Waals surface area contributed by atoms with E-state index in [0.717, 1.165) is 17.7 Å². The summed E-state index contributed by atoms with van der Waals surface area (Å²) in [6, 6.07) is 7.89. The van der Waals surface area contributed by atoms with E-state index in [4.69, 9.17) is 4.74 Å². The summed E-state index contributed by atoms with van der Waals surface area (Å²) >= 11 is 0. The number of nitrogens with zero attached hydrogens (tertiary/aromatic N) is 2. The Morgan fingerprint density at radius 2 is 2.08 bits per heavy atom. The first-order valence-corrected chi connectivity index (χ1v) is 8.41. The van der Waals surface area contributed by atoms with Crippen molar-refractivity contribution in [2.45, 2.75) is 25.6 Å². The van der Waals surface area contributed by atoms with E-state index in [0.29, 0.717) is 19.1 Å². The van der Waals surface area contributed by atoms with Gasteiger partial charge in [-0.05, 0) is 20.0 Å². The lowest BCUT2D eigenvalue weighted by molar-refractivity contribution is -0.142. The van der Waals surface area contributed by atoms with Crippen LogP contribution in [0, 0.1) is 0 Å². The van der Waals surface area contributed by atoms with Gasteiger partial charge in [0.05, 0.1) is 25.7 Å². The predicted molar refractivity (Wildman–Crippen MR) is 107 cm³/mol. The van der Waals surface area contributed by atoms with Crippen molar-refractivity contribution >= 4 is 29.9 Å². The van der Waals surface area contributed by atoms with Gasteiger partial charge >= 0.3 is 6.18 Å². The Kier molecular flexibility index (Phi) is 9.48. The molecule has 26 heavy (non-hydrogen) atoms. The molecule has 2 rings (SSSR count). The minimum atomic E-state index is -4.19. The number of halogens is 4. The molecule has 0 saturated heterocycles. The Morgan fingerprint density at radius 3 is 2.77 bits per heavy atom. The van der Waals surface area contributed by atoms with Crippen LogP contribution in [0.1, 0.15) is 24.9 Å². The van der Waals surface area contributed by atoms with Crippen molar-refractivity contribution in [3.8, 4) is 5.75 Å². The lowest BCUT2D eigenvalue weighted by Crippen LogP contribution is -2.41. The van der Waals surface area contributed by atoms with Gasteiger partial charge in [0.1, 0.15) is 5.75 Å². The van der Waals surface area contributed by atoms with E-state index < -0.39 is 12.7 Å². The molecule has 148 valence electrons. The third kappa shape index (κ3) is 7.56. The molecule has 0 radical (unpaired) electrons. The van der Waals surface area contributed by atoms with E-state index >= 15 is 0 Å². The maximum atomic E-state index is 12.3. The van der Waals surface area contributed by atoms with Crippen LogP contribution < -0.4 is 15.4 Å². The van der Waals surface area contributed by atoms with Crippen molar-refractivity contribution in [3.05, 3.63) is 29.8 Å². The van der Waals surface area contributed by atoms with Crippen molar-refractivity contribution in [2.75, 3.05) is 39.8 Å². The summed E-state index contributed by atoms with van der Waals surface area (Å²) in [7, 11) is 1.44. The van der Waals surface area contributed by atoms with Gasteiger partial charge in [0.25, 0.3) is 0 Å². The van der Waals surface area contributed by atoms with Crippen LogP contribution in [0.25, 0.3) is 0 Å². The second-order valence-electron chi connectivity index (χ2n) is 5.99. The predicted octanol–water partition coefficient (Wildman–Crippen LogP) is 3.18. The summed E-state index contributed by atoms with van der Waals surface area (Å²) < 4.78 is 42.7. The van der Waals surface area contributed by atoms with Crippen molar-refractivity contribution in [3.63, 3.8) is 0 Å². The van der Waals surface area contributed by atoms with Gasteiger partial charge in [-0.25, -0.2) is 0 Å². The molecule has 2 N–H and O–H groups in total. The monoisotopic (exact) mass is 486 g/mol. The SMILES string of the molecule is CCNC(=NCCN(C)CC(F)(F)F)NC1CCOc2ccccc21.I. The second-order valence-corrected chi connectivity index (χ2v) is 5.99. The summed E-state index contributed by atoms with van der Waals surface area (Å²) in [6.45, 7) is 2.83. The molecule has 1 aliphatic rings. The molecule has 1 atom stereocenters. The summed E-state index contributed by atoms with van der Waals surface area (Å²) in [5.74, 6) is 1.46. The van der Waals surface area contributed by atoms with Gasteiger partial charge in [-0.15, -0.1) is 24.0 Å². The van der Waals surface area contributed by atoms with E-state index in [1.54, 1.807) is 0 Å². The Bertz CT molecular complexity index is 583. The van der Waals surface area contributed by atoms with Crippen LogP contribution in [-0.4, -0.2) is 56.9 Å². The van der Waals surface area contributed by atoms with E-state index in [2.05, 4.69) is 15.6 Å².